The number of fused-ring (bicyclic) bond motifs is 1. The molecule has 1 aromatic heterocycles. The van der Waals surface area contributed by atoms with Crippen LogP contribution in [0, 0.1) is 0 Å². The fourth-order valence-corrected chi connectivity index (χ4v) is 10.1. The topological polar surface area (TPSA) is 201 Å². The number of aliphatic hydroxyl groups excluding tert-OH is 1. The maximum atomic E-state index is 13.5. The van der Waals surface area contributed by atoms with Crippen LogP contribution in [0.25, 0.3) is 0 Å². The number of nitrogens with two attached hydrogens (primary N) is 1. The van der Waals surface area contributed by atoms with Crippen LogP contribution in [0.2, 0.25) is 0 Å². The summed E-state index contributed by atoms with van der Waals surface area (Å²) in [5.41, 5.74) is 9.36. The summed E-state index contributed by atoms with van der Waals surface area (Å²) in [5, 5.41) is 16.2. The molecule has 6 aliphatic heterocycles. The number of nitrogens with one attached hydrogen (secondary N) is 2. The summed E-state index contributed by atoms with van der Waals surface area (Å²) in [6, 6.07) is 13.2. The molecular weight excluding hydrogens is 767 g/mol. The zero-order chi connectivity index (χ0) is 41.7. The zero-order valence-corrected chi connectivity index (χ0v) is 34.0. The Morgan fingerprint density at radius 1 is 0.900 bits per heavy atom. The third-order valence-corrected chi connectivity index (χ3v) is 13.4. The van der Waals surface area contributed by atoms with Gasteiger partial charge in [0.2, 0.25) is 11.8 Å². The minimum atomic E-state index is -0.983. The maximum Gasteiger partial charge on any atom is 0.271 e. The maximum absolute atomic E-state index is 13.5. The molecule has 0 spiro atoms. The van der Waals surface area contributed by atoms with Crippen LogP contribution in [0.1, 0.15) is 94.1 Å². The fourth-order valence-electron chi connectivity index (χ4n) is 10.1. The Balaban J connectivity index is 0.801. The molecule has 7 heterocycles. The van der Waals surface area contributed by atoms with E-state index in [9.17, 15) is 29.1 Å². The van der Waals surface area contributed by atoms with Crippen LogP contribution < -0.4 is 26.2 Å². The number of likely N-dealkylation sites (tertiary alicyclic amines) is 1. The van der Waals surface area contributed by atoms with Crippen molar-refractivity contribution in [3.63, 3.8) is 0 Å². The molecule has 17 nitrogen and oxygen atoms in total. The van der Waals surface area contributed by atoms with Crippen molar-refractivity contribution in [3.8, 4) is 0 Å². The molecule has 3 aromatic rings. The predicted molar refractivity (Wildman–Crippen MR) is 223 cm³/mol. The van der Waals surface area contributed by atoms with E-state index in [1.54, 1.807) is 18.3 Å². The average Bonchev–Trinajstić information content (AvgIpc) is 3.93. The van der Waals surface area contributed by atoms with Gasteiger partial charge in [-0.2, -0.15) is 0 Å². The van der Waals surface area contributed by atoms with E-state index >= 15 is 0 Å². The van der Waals surface area contributed by atoms with Crippen LogP contribution in [-0.2, 0) is 9.59 Å². The average molecular weight is 820 g/mol. The Labute approximate surface area is 348 Å². The molecule has 0 radical (unpaired) electrons. The minimum Gasteiger partial charge on any atom is -0.367 e. The van der Waals surface area contributed by atoms with Crippen LogP contribution in [-0.4, -0.2) is 148 Å². The standard InChI is InChI=1S/C43H53N11O6/c1-49-20-21-53(43(49)60)31-4-2-16-51(25-31)35-23-45-37(38(44)56)39(47-35)46-28-8-6-26(7-9-28)27-14-18-50(19-15-27)24-30-5-3-17-52(30)29-10-11-32-33(22-29)42(59)54(41(32)58)34-12-13-36(55)48-40(34)57/h6-11,22-23,27,30-31,34,43,60H,2-5,12-21,24-25H2,1H3,(H2,44,56)(H,46,47)(H,48,55,57)/t30-,31+,34?,43?/m1/s1. The lowest BCUT2D eigenvalue weighted by Gasteiger charge is -2.39. The quantitative estimate of drug-likeness (QED) is 0.217. The number of aliphatic hydroxyl groups is 1. The molecule has 0 saturated carbocycles. The van der Waals surface area contributed by atoms with Gasteiger partial charge in [0.15, 0.2) is 17.9 Å². The molecule has 2 unspecified atom stereocenters. The van der Waals surface area contributed by atoms with Crippen molar-refractivity contribution >= 4 is 52.5 Å². The Kier molecular flexibility index (Phi) is 11.0. The van der Waals surface area contributed by atoms with Gasteiger partial charge in [0.25, 0.3) is 17.7 Å². The van der Waals surface area contributed by atoms with E-state index in [1.165, 1.54) is 5.56 Å². The van der Waals surface area contributed by atoms with Gasteiger partial charge < -0.3 is 30.9 Å². The number of benzene rings is 2. The molecular formula is C43H53N11O6. The zero-order valence-electron chi connectivity index (χ0n) is 34.0. The lowest BCUT2D eigenvalue weighted by atomic mass is 9.89. The summed E-state index contributed by atoms with van der Waals surface area (Å²) in [7, 11) is 1.93. The van der Waals surface area contributed by atoms with E-state index < -0.39 is 41.9 Å². The third kappa shape index (κ3) is 7.70. The summed E-state index contributed by atoms with van der Waals surface area (Å²) in [5.74, 6) is -1.24. The molecule has 0 bridgehead atoms. The van der Waals surface area contributed by atoms with Crippen molar-refractivity contribution < 1.29 is 29.1 Å². The lowest BCUT2D eigenvalue weighted by molar-refractivity contribution is -0.136. The molecule has 316 valence electrons. The molecule has 5 amide bonds. The van der Waals surface area contributed by atoms with Gasteiger partial charge in [0.05, 0.1) is 17.3 Å². The number of rotatable bonds is 10. The molecule has 2 aromatic carbocycles. The first-order chi connectivity index (χ1) is 29.0. The summed E-state index contributed by atoms with van der Waals surface area (Å²) < 4.78 is 0. The monoisotopic (exact) mass is 819 g/mol. The number of primary amides is 1. The molecule has 60 heavy (non-hydrogen) atoms. The number of hydrogen-bond donors (Lipinski definition) is 4. The molecule has 5 N–H and O–H groups in total. The Bertz CT molecular complexity index is 2180. The second kappa shape index (κ2) is 16.5. The largest absolute Gasteiger partial charge is 0.367 e. The fraction of sp³-hybridized carbons (Fsp3) is 0.512. The predicted octanol–water partition coefficient (Wildman–Crippen LogP) is 2.06. The van der Waals surface area contributed by atoms with Crippen molar-refractivity contribution in [2.45, 2.75) is 81.8 Å². The second-order valence-corrected chi connectivity index (χ2v) is 17.1. The summed E-state index contributed by atoms with van der Waals surface area (Å²) in [4.78, 5) is 84.8. The number of amides is 5. The van der Waals surface area contributed by atoms with Crippen LogP contribution in [0.15, 0.2) is 48.7 Å². The molecule has 6 aliphatic rings. The summed E-state index contributed by atoms with van der Waals surface area (Å²) >= 11 is 0. The van der Waals surface area contributed by atoms with Crippen molar-refractivity contribution in [1.29, 1.82) is 0 Å². The number of likely N-dealkylation sites (N-methyl/N-ethyl adjacent to an activating group) is 1. The molecule has 9 rings (SSSR count). The normalized spacial score (nSPS) is 25.9. The Morgan fingerprint density at radius 3 is 2.40 bits per heavy atom. The molecule has 17 heteroatoms. The lowest BCUT2D eigenvalue weighted by Crippen LogP contribution is -2.54. The van der Waals surface area contributed by atoms with Crippen LogP contribution >= 0.6 is 0 Å². The van der Waals surface area contributed by atoms with E-state index in [4.69, 9.17) is 10.7 Å². The first kappa shape index (κ1) is 39.9. The van der Waals surface area contributed by atoms with Crippen molar-refractivity contribution in [2.75, 3.05) is 74.5 Å². The number of nitrogens with zero attached hydrogens (tertiary/aromatic N) is 8. The van der Waals surface area contributed by atoms with Gasteiger partial charge in [-0.15, -0.1) is 0 Å². The molecule has 5 fully saturated rings. The van der Waals surface area contributed by atoms with Crippen molar-refractivity contribution in [2.24, 2.45) is 5.73 Å². The highest BCUT2D eigenvalue weighted by Gasteiger charge is 2.45. The van der Waals surface area contributed by atoms with Crippen molar-refractivity contribution in [3.05, 3.63) is 71.0 Å². The highest BCUT2D eigenvalue weighted by molar-refractivity contribution is 6.23. The molecule has 4 atom stereocenters. The van der Waals surface area contributed by atoms with E-state index in [1.807, 2.05) is 30.1 Å². The summed E-state index contributed by atoms with van der Waals surface area (Å²) in [6.07, 6.45) is 7.29. The van der Waals surface area contributed by atoms with Gasteiger partial charge in [0, 0.05) is 69.1 Å². The highest BCUT2D eigenvalue weighted by atomic mass is 16.3. The summed E-state index contributed by atoms with van der Waals surface area (Å²) in [6.45, 7) is 6.83. The second-order valence-electron chi connectivity index (χ2n) is 17.1. The number of carbonyl (C=O) groups is 5. The van der Waals surface area contributed by atoms with Gasteiger partial charge in [-0.3, -0.25) is 44.0 Å². The smallest absolute Gasteiger partial charge is 0.271 e. The number of aromatic nitrogens is 2. The van der Waals surface area contributed by atoms with Gasteiger partial charge in [0.1, 0.15) is 11.9 Å². The van der Waals surface area contributed by atoms with Crippen LogP contribution in [0.4, 0.5) is 23.0 Å². The first-order valence-corrected chi connectivity index (χ1v) is 21.3. The number of anilines is 4. The molecule has 5 saturated heterocycles. The number of piperidine rings is 3. The SMILES string of the molecule is CN1CCN([C@H]2CCCN(c3cnc(C(N)=O)c(Nc4ccc(C5CCN(C[C@H]6CCCN6c6ccc7c(c6)C(=O)N(C6CCC(=O)NC6=O)C7=O)CC5)cc4)n3)C2)C1O. The van der Waals surface area contributed by atoms with E-state index in [0.717, 1.165) is 101 Å². The van der Waals surface area contributed by atoms with Gasteiger partial charge in [-0.1, -0.05) is 12.1 Å². The van der Waals surface area contributed by atoms with Gasteiger partial charge >= 0.3 is 0 Å². The van der Waals surface area contributed by atoms with Crippen LogP contribution in [0.3, 0.4) is 0 Å². The third-order valence-electron chi connectivity index (χ3n) is 13.4. The van der Waals surface area contributed by atoms with Crippen molar-refractivity contribution in [1.82, 2.24) is 34.9 Å². The Hall–Kier alpha value is -5.49. The highest BCUT2D eigenvalue weighted by Crippen LogP contribution is 2.35. The van der Waals surface area contributed by atoms with E-state index in [2.05, 4.69) is 47.3 Å². The minimum absolute atomic E-state index is 0.0809. The number of imide groups is 2. The first-order valence-electron chi connectivity index (χ1n) is 21.3. The van der Waals surface area contributed by atoms with E-state index in [-0.39, 0.29) is 30.6 Å². The van der Waals surface area contributed by atoms with Gasteiger partial charge in [-0.05, 0) is 107 Å². The Morgan fingerprint density at radius 2 is 1.67 bits per heavy atom. The van der Waals surface area contributed by atoms with E-state index in [0.29, 0.717) is 35.2 Å². The van der Waals surface area contributed by atoms with Gasteiger partial charge in [-0.25, -0.2) is 9.97 Å². The number of hydrogen-bond acceptors (Lipinski definition) is 14. The number of carbonyl (C=O) groups excluding carboxylic acids is 5. The van der Waals surface area contributed by atoms with Crippen LogP contribution in [0.5, 0.6) is 0 Å². The molecule has 0 aliphatic carbocycles.